The molecule has 0 bridgehead atoms. The second kappa shape index (κ2) is 5.55. The molecule has 0 spiro atoms. The molecule has 0 radical (unpaired) electrons. The van der Waals surface area contributed by atoms with Crippen LogP contribution in [0.3, 0.4) is 0 Å². The van der Waals surface area contributed by atoms with Crippen LogP contribution in [-0.4, -0.2) is 29.9 Å². The van der Waals surface area contributed by atoms with Gasteiger partial charge in [0, 0.05) is 6.04 Å². The molecule has 1 fully saturated rings. The predicted octanol–water partition coefficient (Wildman–Crippen LogP) is 0.993. The lowest BCUT2D eigenvalue weighted by atomic mass is 10.3. The van der Waals surface area contributed by atoms with Gasteiger partial charge in [0.1, 0.15) is 5.76 Å². The standard InChI is InChI=1S/C13H16N2O2/c1-2-7-14-13(16)10-15(11-5-6-11)9-12-4-3-8-17-12/h1,3-4,8,11H,5-7,9-10H2,(H,14,16). The smallest absolute Gasteiger partial charge is 0.234 e. The molecule has 0 atom stereocenters. The van der Waals surface area contributed by atoms with Crippen molar-refractivity contribution in [2.45, 2.75) is 25.4 Å². The normalized spacial score (nSPS) is 14.6. The second-order valence-electron chi connectivity index (χ2n) is 4.20. The van der Waals surface area contributed by atoms with Crippen LogP contribution in [0.5, 0.6) is 0 Å². The summed E-state index contributed by atoms with van der Waals surface area (Å²) in [7, 11) is 0. The summed E-state index contributed by atoms with van der Waals surface area (Å²) in [5.41, 5.74) is 0. The predicted molar refractivity (Wildman–Crippen MR) is 64.0 cm³/mol. The lowest BCUT2D eigenvalue weighted by Gasteiger charge is -2.19. The molecule has 4 heteroatoms. The monoisotopic (exact) mass is 232 g/mol. The Morgan fingerprint density at radius 3 is 3.06 bits per heavy atom. The molecule has 1 aromatic heterocycles. The molecule has 1 heterocycles. The van der Waals surface area contributed by atoms with E-state index in [9.17, 15) is 4.79 Å². The van der Waals surface area contributed by atoms with E-state index in [0.717, 1.165) is 18.6 Å². The highest BCUT2D eigenvalue weighted by atomic mass is 16.3. The minimum absolute atomic E-state index is 0.0265. The molecule has 0 aliphatic heterocycles. The highest BCUT2D eigenvalue weighted by Crippen LogP contribution is 2.27. The summed E-state index contributed by atoms with van der Waals surface area (Å²) in [5, 5.41) is 2.68. The van der Waals surface area contributed by atoms with Gasteiger partial charge in [-0.15, -0.1) is 6.42 Å². The van der Waals surface area contributed by atoms with Crippen LogP contribution in [-0.2, 0) is 11.3 Å². The maximum atomic E-state index is 11.6. The number of amides is 1. The first-order chi connectivity index (χ1) is 8.29. The molecule has 0 saturated heterocycles. The fourth-order valence-corrected chi connectivity index (χ4v) is 1.75. The van der Waals surface area contributed by atoms with Crippen LogP contribution < -0.4 is 5.32 Å². The maximum Gasteiger partial charge on any atom is 0.234 e. The summed E-state index contributed by atoms with van der Waals surface area (Å²) in [6, 6.07) is 4.30. The molecule has 0 aromatic carbocycles. The zero-order valence-electron chi connectivity index (χ0n) is 9.69. The van der Waals surface area contributed by atoms with E-state index in [1.807, 2.05) is 12.1 Å². The SMILES string of the molecule is C#CCNC(=O)CN(Cc1ccco1)C1CC1. The van der Waals surface area contributed by atoms with Crippen LogP contribution in [0.2, 0.25) is 0 Å². The third kappa shape index (κ3) is 3.65. The van der Waals surface area contributed by atoms with Gasteiger partial charge in [0.2, 0.25) is 5.91 Å². The Kier molecular flexibility index (Phi) is 3.84. The number of terminal acetylenes is 1. The maximum absolute atomic E-state index is 11.6. The zero-order chi connectivity index (χ0) is 12.1. The van der Waals surface area contributed by atoms with Gasteiger partial charge in [-0.1, -0.05) is 5.92 Å². The molecule has 2 rings (SSSR count). The van der Waals surface area contributed by atoms with E-state index in [4.69, 9.17) is 10.8 Å². The van der Waals surface area contributed by atoms with Gasteiger partial charge < -0.3 is 9.73 Å². The first-order valence-electron chi connectivity index (χ1n) is 5.76. The Morgan fingerprint density at radius 1 is 1.65 bits per heavy atom. The van der Waals surface area contributed by atoms with Crippen LogP contribution in [0, 0.1) is 12.3 Å². The molecule has 1 amide bonds. The van der Waals surface area contributed by atoms with Crippen LogP contribution in [0.1, 0.15) is 18.6 Å². The van der Waals surface area contributed by atoms with E-state index < -0.39 is 0 Å². The van der Waals surface area contributed by atoms with Crippen LogP contribution in [0.4, 0.5) is 0 Å². The summed E-state index contributed by atoms with van der Waals surface area (Å²) < 4.78 is 5.30. The van der Waals surface area contributed by atoms with Crippen LogP contribution in [0.15, 0.2) is 22.8 Å². The molecule has 1 aliphatic rings. The van der Waals surface area contributed by atoms with Gasteiger partial charge in [0.25, 0.3) is 0 Å². The fourth-order valence-electron chi connectivity index (χ4n) is 1.75. The third-order valence-corrected chi connectivity index (χ3v) is 2.74. The number of nitrogens with zero attached hydrogens (tertiary/aromatic N) is 1. The molecule has 4 nitrogen and oxygen atoms in total. The van der Waals surface area contributed by atoms with Crippen molar-refractivity contribution in [3.05, 3.63) is 24.2 Å². The summed E-state index contributed by atoms with van der Waals surface area (Å²) in [6.45, 7) is 1.35. The molecule has 1 N–H and O–H groups in total. The number of carbonyl (C=O) groups is 1. The highest BCUT2D eigenvalue weighted by Gasteiger charge is 2.30. The van der Waals surface area contributed by atoms with Crippen molar-refractivity contribution in [1.29, 1.82) is 0 Å². The number of carbonyl (C=O) groups excluding carboxylic acids is 1. The second-order valence-corrected chi connectivity index (χ2v) is 4.20. The van der Waals surface area contributed by atoms with Crippen molar-refractivity contribution in [2.75, 3.05) is 13.1 Å². The summed E-state index contributed by atoms with van der Waals surface area (Å²) >= 11 is 0. The molecule has 90 valence electrons. The first kappa shape index (κ1) is 11.7. The van der Waals surface area contributed by atoms with E-state index in [2.05, 4.69) is 16.1 Å². The van der Waals surface area contributed by atoms with E-state index in [1.54, 1.807) is 6.26 Å². The summed E-state index contributed by atoms with van der Waals surface area (Å²) in [5.74, 6) is 3.26. The van der Waals surface area contributed by atoms with Gasteiger partial charge >= 0.3 is 0 Å². The average molecular weight is 232 g/mol. The molecular formula is C13H16N2O2. The number of hydrogen-bond donors (Lipinski definition) is 1. The quantitative estimate of drug-likeness (QED) is 0.744. The molecule has 1 saturated carbocycles. The van der Waals surface area contributed by atoms with Gasteiger partial charge in [0.15, 0.2) is 0 Å². The summed E-state index contributed by atoms with van der Waals surface area (Å²) in [4.78, 5) is 13.7. The molecule has 1 aromatic rings. The third-order valence-electron chi connectivity index (χ3n) is 2.74. The Hall–Kier alpha value is -1.73. The zero-order valence-corrected chi connectivity index (χ0v) is 9.69. The van der Waals surface area contributed by atoms with Gasteiger partial charge in [0.05, 0.1) is 25.9 Å². The van der Waals surface area contributed by atoms with E-state index in [-0.39, 0.29) is 12.5 Å². The minimum atomic E-state index is -0.0265. The minimum Gasteiger partial charge on any atom is -0.468 e. The van der Waals surface area contributed by atoms with Crippen molar-refractivity contribution in [3.8, 4) is 12.3 Å². The molecular weight excluding hydrogens is 216 g/mol. The van der Waals surface area contributed by atoms with Crippen molar-refractivity contribution < 1.29 is 9.21 Å². The van der Waals surface area contributed by atoms with E-state index >= 15 is 0 Å². The van der Waals surface area contributed by atoms with Gasteiger partial charge in [-0.05, 0) is 25.0 Å². The lowest BCUT2D eigenvalue weighted by Crippen LogP contribution is -2.38. The average Bonchev–Trinajstić information content (AvgIpc) is 3.05. The Bertz CT molecular complexity index is 402. The Balaban J connectivity index is 1.85. The number of furan rings is 1. The summed E-state index contributed by atoms with van der Waals surface area (Å²) in [6.07, 6.45) is 9.06. The Labute approximate surface area is 101 Å². The lowest BCUT2D eigenvalue weighted by molar-refractivity contribution is -0.122. The number of nitrogens with one attached hydrogen (secondary N) is 1. The molecule has 0 unspecified atom stereocenters. The number of hydrogen-bond acceptors (Lipinski definition) is 3. The Morgan fingerprint density at radius 2 is 2.47 bits per heavy atom. The molecule has 1 aliphatic carbocycles. The number of rotatable bonds is 6. The van der Waals surface area contributed by atoms with Crippen LogP contribution in [0.25, 0.3) is 0 Å². The van der Waals surface area contributed by atoms with Gasteiger partial charge in [-0.2, -0.15) is 0 Å². The molecule has 17 heavy (non-hydrogen) atoms. The highest BCUT2D eigenvalue weighted by molar-refractivity contribution is 5.78. The van der Waals surface area contributed by atoms with Crippen LogP contribution >= 0.6 is 0 Å². The fraction of sp³-hybridized carbons (Fsp3) is 0.462. The largest absolute Gasteiger partial charge is 0.468 e. The van der Waals surface area contributed by atoms with Crippen molar-refractivity contribution >= 4 is 5.91 Å². The van der Waals surface area contributed by atoms with E-state index in [0.29, 0.717) is 19.1 Å². The van der Waals surface area contributed by atoms with Crippen molar-refractivity contribution in [1.82, 2.24) is 10.2 Å². The van der Waals surface area contributed by atoms with Crippen molar-refractivity contribution in [3.63, 3.8) is 0 Å². The topological polar surface area (TPSA) is 45.5 Å². The first-order valence-corrected chi connectivity index (χ1v) is 5.76. The van der Waals surface area contributed by atoms with E-state index in [1.165, 1.54) is 0 Å². The van der Waals surface area contributed by atoms with Gasteiger partial charge in [-0.3, -0.25) is 9.69 Å². The van der Waals surface area contributed by atoms with Gasteiger partial charge in [-0.25, -0.2) is 0 Å². The van der Waals surface area contributed by atoms with Crippen molar-refractivity contribution in [2.24, 2.45) is 0 Å².